The zero-order valence-electron chi connectivity index (χ0n) is 15.9. The van der Waals surface area contributed by atoms with Crippen molar-refractivity contribution in [2.45, 2.75) is 18.8 Å². The first-order valence-electron chi connectivity index (χ1n) is 8.74. The Morgan fingerprint density at radius 2 is 2.11 bits per heavy atom. The molecule has 2 rings (SSSR count). The summed E-state index contributed by atoms with van der Waals surface area (Å²) in [5.74, 6) is 0.378. The van der Waals surface area contributed by atoms with Crippen molar-refractivity contribution in [3.63, 3.8) is 0 Å². The van der Waals surface area contributed by atoms with E-state index in [2.05, 4.69) is 0 Å². The second-order valence-electron chi connectivity index (χ2n) is 6.09. The van der Waals surface area contributed by atoms with E-state index in [4.69, 9.17) is 30.4 Å². The number of hydrogen-bond acceptors (Lipinski definition) is 8. The number of carbonyl (C=O) groups excluding carboxylic acids is 1. The summed E-state index contributed by atoms with van der Waals surface area (Å²) < 4.78 is 20.9. The lowest BCUT2D eigenvalue weighted by Crippen LogP contribution is -2.21. The predicted molar refractivity (Wildman–Crippen MR) is 105 cm³/mol. The summed E-state index contributed by atoms with van der Waals surface area (Å²) in [5.41, 5.74) is 12.2. The molecule has 0 spiro atoms. The molecule has 8 heteroatoms. The summed E-state index contributed by atoms with van der Waals surface area (Å²) in [4.78, 5) is 11.9. The zero-order chi connectivity index (χ0) is 20.5. The number of carbonyl (C=O) groups is 1. The van der Waals surface area contributed by atoms with Crippen LogP contribution in [0.25, 0.3) is 0 Å². The van der Waals surface area contributed by atoms with Crippen LogP contribution in [0.3, 0.4) is 0 Å². The number of aliphatic hydroxyl groups is 1. The number of nitrogens with two attached hydrogens (primary N) is 2. The molecule has 0 radical (unpaired) electrons. The van der Waals surface area contributed by atoms with Crippen LogP contribution in [-0.2, 0) is 19.0 Å². The second-order valence-corrected chi connectivity index (χ2v) is 6.09. The summed E-state index contributed by atoms with van der Waals surface area (Å²) in [6.45, 7) is -0.0127. The van der Waals surface area contributed by atoms with Gasteiger partial charge in [0, 0.05) is 31.2 Å². The first-order valence-corrected chi connectivity index (χ1v) is 8.74. The second kappa shape index (κ2) is 10.4. The highest BCUT2D eigenvalue weighted by Crippen LogP contribution is 2.25. The summed E-state index contributed by atoms with van der Waals surface area (Å²) in [6, 6.07) is 4.71. The van der Waals surface area contributed by atoms with Crippen LogP contribution in [0.2, 0.25) is 0 Å². The summed E-state index contributed by atoms with van der Waals surface area (Å²) >= 11 is 0. The Morgan fingerprint density at radius 1 is 1.32 bits per heavy atom. The van der Waals surface area contributed by atoms with Crippen LogP contribution >= 0.6 is 0 Å². The fourth-order valence-electron chi connectivity index (χ4n) is 2.56. The van der Waals surface area contributed by atoms with Crippen molar-refractivity contribution in [2.24, 2.45) is 5.92 Å². The average Bonchev–Trinajstić information content (AvgIpc) is 2.68. The first-order chi connectivity index (χ1) is 13.4. The predicted octanol–water partition coefficient (Wildman–Crippen LogP) is 1.77. The molecule has 152 valence electrons. The molecule has 8 nitrogen and oxygen atoms in total. The van der Waals surface area contributed by atoms with Gasteiger partial charge in [-0.1, -0.05) is 12.2 Å². The Bertz CT molecular complexity index is 759. The number of hydrogen-bond donors (Lipinski definition) is 3. The van der Waals surface area contributed by atoms with Gasteiger partial charge in [0.1, 0.15) is 11.5 Å². The number of aliphatic hydroxyl groups excluding tert-OH is 1. The van der Waals surface area contributed by atoms with E-state index in [1.807, 2.05) is 18.2 Å². The third kappa shape index (κ3) is 6.33. The van der Waals surface area contributed by atoms with Crippen molar-refractivity contribution < 1.29 is 28.8 Å². The average molecular weight is 390 g/mol. The largest absolute Gasteiger partial charge is 0.497 e. The maximum absolute atomic E-state index is 11.9. The number of anilines is 2. The van der Waals surface area contributed by atoms with E-state index in [1.54, 1.807) is 32.4 Å². The fraction of sp³-hybridized carbons (Fsp3) is 0.350. The van der Waals surface area contributed by atoms with Gasteiger partial charge in [-0.05, 0) is 30.4 Å². The molecule has 1 aromatic carbocycles. The number of rotatable bonds is 9. The minimum absolute atomic E-state index is 0.0127. The molecular weight excluding hydrogens is 364 g/mol. The van der Waals surface area contributed by atoms with Crippen molar-refractivity contribution >= 4 is 17.3 Å². The third-order valence-electron chi connectivity index (χ3n) is 4.06. The number of esters is 1. The third-order valence-corrected chi connectivity index (χ3v) is 4.06. The van der Waals surface area contributed by atoms with Crippen LogP contribution in [0.1, 0.15) is 6.42 Å². The number of ether oxygens (including phenoxy) is 4. The highest BCUT2D eigenvalue weighted by Gasteiger charge is 2.19. The van der Waals surface area contributed by atoms with Crippen molar-refractivity contribution in [3.05, 3.63) is 54.3 Å². The van der Waals surface area contributed by atoms with E-state index in [-0.39, 0.29) is 25.0 Å². The Balaban J connectivity index is 1.75. The first kappa shape index (κ1) is 21.3. The molecule has 0 aliphatic heterocycles. The molecule has 0 amide bonds. The minimum atomic E-state index is -1.17. The van der Waals surface area contributed by atoms with Crippen LogP contribution in [0, 0.1) is 5.92 Å². The molecule has 0 saturated heterocycles. The maximum atomic E-state index is 11.9. The number of nitrogen functional groups attached to an aromatic ring is 2. The van der Waals surface area contributed by atoms with Gasteiger partial charge < -0.3 is 35.5 Å². The van der Waals surface area contributed by atoms with E-state index in [9.17, 15) is 9.90 Å². The van der Waals surface area contributed by atoms with Crippen LogP contribution < -0.4 is 16.2 Å². The Morgan fingerprint density at radius 3 is 2.79 bits per heavy atom. The SMILES string of the molecule is COC1=CC(OC)C(/C=C/C(=O)OCCC(O)Oc2ccc(N)cc2N)C=C1. The lowest BCUT2D eigenvalue weighted by Gasteiger charge is -2.21. The highest BCUT2D eigenvalue weighted by atomic mass is 16.6. The van der Waals surface area contributed by atoms with E-state index in [1.165, 1.54) is 12.1 Å². The molecule has 5 N–H and O–H groups in total. The van der Waals surface area contributed by atoms with Crippen LogP contribution in [-0.4, -0.2) is 44.3 Å². The molecule has 0 heterocycles. The van der Waals surface area contributed by atoms with Crippen LogP contribution in [0.5, 0.6) is 5.75 Å². The van der Waals surface area contributed by atoms with Crippen molar-refractivity contribution in [1.82, 2.24) is 0 Å². The molecule has 0 saturated carbocycles. The Kier molecular flexibility index (Phi) is 7.91. The van der Waals surface area contributed by atoms with Gasteiger partial charge in [0.05, 0.1) is 25.5 Å². The van der Waals surface area contributed by atoms with Gasteiger partial charge in [-0.2, -0.15) is 0 Å². The minimum Gasteiger partial charge on any atom is -0.497 e. The summed E-state index contributed by atoms with van der Waals surface area (Å²) in [7, 11) is 3.16. The number of methoxy groups -OCH3 is 2. The lowest BCUT2D eigenvalue weighted by atomic mass is 9.96. The van der Waals surface area contributed by atoms with Gasteiger partial charge >= 0.3 is 5.97 Å². The Hall–Kier alpha value is -2.97. The molecule has 1 aliphatic carbocycles. The standard InChI is InChI=1S/C20H26N2O6/c1-25-15-6-3-13(18(12-15)26-2)4-8-19(23)27-10-9-20(24)28-17-7-5-14(21)11-16(17)22/h3-8,11-13,18,20,24H,9-10,21-22H2,1-2H3/b8-4+. The van der Waals surface area contributed by atoms with E-state index in [0.717, 1.165) is 0 Å². The monoisotopic (exact) mass is 390 g/mol. The van der Waals surface area contributed by atoms with Crippen LogP contribution in [0.15, 0.2) is 54.3 Å². The molecule has 3 unspecified atom stereocenters. The van der Waals surface area contributed by atoms with Crippen molar-refractivity contribution in [1.29, 1.82) is 0 Å². The molecule has 3 atom stereocenters. The summed E-state index contributed by atoms with van der Waals surface area (Å²) in [5, 5.41) is 9.90. The molecule has 1 aliphatic rings. The van der Waals surface area contributed by atoms with E-state index in [0.29, 0.717) is 22.9 Å². The van der Waals surface area contributed by atoms with Crippen LogP contribution in [0.4, 0.5) is 11.4 Å². The normalized spacial score (nSPS) is 19.9. The molecule has 0 aromatic heterocycles. The quantitative estimate of drug-likeness (QED) is 0.252. The molecular formula is C20H26N2O6. The molecule has 0 fully saturated rings. The summed E-state index contributed by atoms with van der Waals surface area (Å²) in [6.07, 6.45) is 7.24. The van der Waals surface area contributed by atoms with E-state index >= 15 is 0 Å². The van der Waals surface area contributed by atoms with Gasteiger partial charge in [-0.15, -0.1) is 0 Å². The van der Waals surface area contributed by atoms with Crippen molar-refractivity contribution in [3.8, 4) is 5.75 Å². The van der Waals surface area contributed by atoms with Gasteiger partial charge in [0.25, 0.3) is 0 Å². The highest BCUT2D eigenvalue weighted by molar-refractivity contribution is 5.82. The Labute approximate surface area is 164 Å². The zero-order valence-corrected chi connectivity index (χ0v) is 15.9. The smallest absolute Gasteiger partial charge is 0.330 e. The lowest BCUT2D eigenvalue weighted by molar-refractivity contribution is -0.139. The van der Waals surface area contributed by atoms with Gasteiger partial charge in [-0.25, -0.2) is 4.79 Å². The number of allylic oxidation sites excluding steroid dienone is 1. The number of benzene rings is 1. The van der Waals surface area contributed by atoms with Crippen molar-refractivity contribution in [2.75, 3.05) is 32.3 Å². The van der Waals surface area contributed by atoms with Gasteiger partial charge in [0.15, 0.2) is 0 Å². The fourth-order valence-corrected chi connectivity index (χ4v) is 2.56. The van der Waals surface area contributed by atoms with Gasteiger partial charge in [0.2, 0.25) is 6.29 Å². The maximum Gasteiger partial charge on any atom is 0.330 e. The molecule has 0 bridgehead atoms. The topological polar surface area (TPSA) is 126 Å². The van der Waals surface area contributed by atoms with E-state index < -0.39 is 12.3 Å². The molecule has 28 heavy (non-hydrogen) atoms. The molecule has 1 aromatic rings. The van der Waals surface area contributed by atoms with Gasteiger partial charge in [-0.3, -0.25) is 0 Å².